The third-order valence-electron chi connectivity index (χ3n) is 2.81. The maximum Gasteiger partial charge on any atom is 0.255 e. The van der Waals surface area contributed by atoms with Crippen LogP contribution in [0.5, 0.6) is 11.5 Å². The number of nitrogens with one attached hydrogen (secondary N) is 1. The van der Waals surface area contributed by atoms with Crippen molar-refractivity contribution in [2.75, 3.05) is 12.1 Å². The molecule has 0 aromatic heterocycles. The molecular weight excluding hydrogens is 393 g/mol. The van der Waals surface area contributed by atoms with Gasteiger partial charge in [0, 0.05) is 9.13 Å². The van der Waals surface area contributed by atoms with E-state index in [1.807, 2.05) is 6.07 Å². The van der Waals surface area contributed by atoms with E-state index in [-0.39, 0.29) is 12.7 Å². The van der Waals surface area contributed by atoms with Gasteiger partial charge in [0.05, 0.1) is 10.7 Å². The number of halogens is 2. The molecule has 0 unspecified atom stereocenters. The molecule has 102 valence electrons. The molecule has 1 aliphatic rings. The Balaban J connectivity index is 1.82. The first-order chi connectivity index (χ1) is 9.63. The largest absolute Gasteiger partial charge is 0.454 e. The van der Waals surface area contributed by atoms with Crippen molar-refractivity contribution in [1.82, 2.24) is 0 Å². The van der Waals surface area contributed by atoms with E-state index in [4.69, 9.17) is 21.1 Å². The Bertz CT molecular complexity index is 690. The lowest BCUT2D eigenvalue weighted by atomic mass is 10.2. The SMILES string of the molecule is O=C(Nc1ccc(I)cc1Cl)c1ccc2c(c1)OCO2. The Morgan fingerprint density at radius 1 is 1.15 bits per heavy atom. The van der Waals surface area contributed by atoms with E-state index in [9.17, 15) is 4.79 Å². The fraction of sp³-hybridized carbons (Fsp3) is 0.0714. The predicted octanol–water partition coefficient (Wildman–Crippen LogP) is 3.93. The highest BCUT2D eigenvalue weighted by molar-refractivity contribution is 14.1. The van der Waals surface area contributed by atoms with Gasteiger partial charge in [0.2, 0.25) is 6.79 Å². The van der Waals surface area contributed by atoms with E-state index in [2.05, 4.69) is 27.9 Å². The molecule has 0 radical (unpaired) electrons. The van der Waals surface area contributed by atoms with E-state index < -0.39 is 0 Å². The maximum atomic E-state index is 12.2. The van der Waals surface area contributed by atoms with Gasteiger partial charge in [-0.15, -0.1) is 0 Å². The summed E-state index contributed by atoms with van der Waals surface area (Å²) in [5.74, 6) is 0.978. The minimum Gasteiger partial charge on any atom is -0.454 e. The van der Waals surface area contributed by atoms with Crippen molar-refractivity contribution in [1.29, 1.82) is 0 Å². The number of benzene rings is 2. The van der Waals surface area contributed by atoms with Crippen LogP contribution in [0.3, 0.4) is 0 Å². The lowest BCUT2D eigenvalue weighted by Crippen LogP contribution is -2.12. The van der Waals surface area contributed by atoms with Gasteiger partial charge in [-0.05, 0) is 59.0 Å². The van der Waals surface area contributed by atoms with Crippen molar-refractivity contribution in [3.8, 4) is 11.5 Å². The maximum absolute atomic E-state index is 12.2. The number of carbonyl (C=O) groups excluding carboxylic acids is 1. The van der Waals surface area contributed by atoms with Gasteiger partial charge >= 0.3 is 0 Å². The number of rotatable bonds is 2. The highest BCUT2D eigenvalue weighted by atomic mass is 127. The molecule has 1 aliphatic heterocycles. The van der Waals surface area contributed by atoms with Gasteiger partial charge < -0.3 is 14.8 Å². The monoisotopic (exact) mass is 401 g/mol. The molecule has 0 fully saturated rings. The van der Waals surface area contributed by atoms with Gasteiger partial charge in [-0.2, -0.15) is 0 Å². The van der Waals surface area contributed by atoms with Gasteiger partial charge in [0.25, 0.3) is 5.91 Å². The molecule has 0 atom stereocenters. The van der Waals surface area contributed by atoms with E-state index in [1.165, 1.54) is 0 Å². The summed E-state index contributed by atoms with van der Waals surface area (Å²) in [6.45, 7) is 0.184. The minimum atomic E-state index is -0.244. The molecule has 0 spiro atoms. The average molecular weight is 402 g/mol. The molecule has 0 saturated carbocycles. The number of carbonyl (C=O) groups is 1. The van der Waals surface area contributed by atoms with E-state index in [0.29, 0.717) is 27.8 Å². The zero-order chi connectivity index (χ0) is 14.1. The molecule has 3 rings (SSSR count). The summed E-state index contributed by atoms with van der Waals surface area (Å²) in [4.78, 5) is 12.2. The molecule has 1 heterocycles. The molecule has 0 bridgehead atoms. The van der Waals surface area contributed by atoms with Crippen molar-refractivity contribution < 1.29 is 14.3 Å². The fourth-order valence-corrected chi connectivity index (χ4v) is 2.73. The fourth-order valence-electron chi connectivity index (χ4n) is 1.82. The normalized spacial score (nSPS) is 12.3. The Hall–Kier alpha value is -1.47. The molecule has 4 nitrogen and oxygen atoms in total. The third kappa shape index (κ3) is 2.69. The quantitative estimate of drug-likeness (QED) is 0.776. The van der Waals surface area contributed by atoms with E-state index in [0.717, 1.165) is 3.57 Å². The average Bonchev–Trinajstić information content (AvgIpc) is 2.89. The second-order valence-electron chi connectivity index (χ2n) is 4.15. The molecule has 2 aromatic rings. The van der Waals surface area contributed by atoms with Crippen LogP contribution in [0.1, 0.15) is 10.4 Å². The van der Waals surface area contributed by atoms with Gasteiger partial charge in [0.1, 0.15) is 0 Å². The van der Waals surface area contributed by atoms with Crippen molar-refractivity contribution in [3.05, 3.63) is 50.6 Å². The van der Waals surface area contributed by atoms with Crippen LogP contribution in [0, 0.1) is 3.57 Å². The van der Waals surface area contributed by atoms with Gasteiger partial charge in [0.15, 0.2) is 11.5 Å². The lowest BCUT2D eigenvalue weighted by molar-refractivity contribution is 0.102. The van der Waals surface area contributed by atoms with Crippen molar-refractivity contribution in [3.63, 3.8) is 0 Å². The van der Waals surface area contributed by atoms with Gasteiger partial charge in [-0.3, -0.25) is 4.79 Å². The van der Waals surface area contributed by atoms with Crippen LogP contribution >= 0.6 is 34.2 Å². The third-order valence-corrected chi connectivity index (χ3v) is 3.80. The standard InChI is InChI=1S/C14H9ClINO3/c15-10-6-9(16)2-3-11(10)17-14(18)8-1-4-12-13(5-8)20-7-19-12/h1-6H,7H2,(H,17,18). The zero-order valence-corrected chi connectivity index (χ0v) is 13.1. The number of ether oxygens (including phenoxy) is 2. The van der Waals surface area contributed by atoms with E-state index >= 15 is 0 Å². The number of fused-ring (bicyclic) bond motifs is 1. The summed E-state index contributed by atoms with van der Waals surface area (Å²) in [5.41, 5.74) is 1.07. The van der Waals surface area contributed by atoms with Crippen LogP contribution in [-0.4, -0.2) is 12.7 Å². The first kappa shape index (κ1) is 13.5. The molecule has 0 aliphatic carbocycles. The Morgan fingerprint density at radius 3 is 2.75 bits per heavy atom. The van der Waals surface area contributed by atoms with Crippen LogP contribution in [-0.2, 0) is 0 Å². The van der Waals surface area contributed by atoms with Gasteiger partial charge in [-0.25, -0.2) is 0 Å². The Morgan fingerprint density at radius 2 is 1.95 bits per heavy atom. The molecule has 2 aromatic carbocycles. The first-order valence-electron chi connectivity index (χ1n) is 5.79. The molecule has 1 amide bonds. The van der Waals surface area contributed by atoms with Crippen LogP contribution < -0.4 is 14.8 Å². The van der Waals surface area contributed by atoms with Crippen LogP contribution in [0.4, 0.5) is 5.69 Å². The van der Waals surface area contributed by atoms with Crippen molar-refractivity contribution in [2.45, 2.75) is 0 Å². The molecule has 0 saturated heterocycles. The number of anilines is 1. The number of hydrogen-bond donors (Lipinski definition) is 1. The van der Waals surface area contributed by atoms with Crippen LogP contribution in [0.2, 0.25) is 5.02 Å². The number of amides is 1. The summed E-state index contributed by atoms with van der Waals surface area (Å²) in [7, 11) is 0. The summed E-state index contributed by atoms with van der Waals surface area (Å²) in [6, 6.07) is 10.5. The van der Waals surface area contributed by atoms with Crippen molar-refractivity contribution in [2.24, 2.45) is 0 Å². The lowest BCUT2D eigenvalue weighted by Gasteiger charge is -2.08. The molecular formula is C14H9ClINO3. The Labute approximate surface area is 134 Å². The Kier molecular flexibility index (Phi) is 3.71. The summed E-state index contributed by atoms with van der Waals surface area (Å²) < 4.78 is 11.5. The topological polar surface area (TPSA) is 47.6 Å². The predicted molar refractivity (Wildman–Crippen MR) is 84.7 cm³/mol. The smallest absolute Gasteiger partial charge is 0.255 e. The van der Waals surface area contributed by atoms with Crippen LogP contribution in [0.25, 0.3) is 0 Å². The second kappa shape index (κ2) is 5.49. The number of hydrogen-bond acceptors (Lipinski definition) is 3. The van der Waals surface area contributed by atoms with Gasteiger partial charge in [-0.1, -0.05) is 11.6 Å². The summed E-state index contributed by atoms with van der Waals surface area (Å²) in [6.07, 6.45) is 0. The van der Waals surface area contributed by atoms with E-state index in [1.54, 1.807) is 30.3 Å². The highest BCUT2D eigenvalue weighted by Crippen LogP contribution is 2.33. The van der Waals surface area contributed by atoms with Crippen molar-refractivity contribution >= 4 is 45.8 Å². The minimum absolute atomic E-state index is 0.184. The summed E-state index contributed by atoms with van der Waals surface area (Å²) in [5, 5.41) is 3.28. The van der Waals surface area contributed by atoms with Crippen LogP contribution in [0.15, 0.2) is 36.4 Å². The zero-order valence-electron chi connectivity index (χ0n) is 10.2. The molecule has 6 heteroatoms. The highest BCUT2D eigenvalue weighted by Gasteiger charge is 2.16. The first-order valence-corrected chi connectivity index (χ1v) is 7.25. The second-order valence-corrected chi connectivity index (χ2v) is 5.80. The summed E-state index contributed by atoms with van der Waals surface area (Å²) >= 11 is 8.25. The molecule has 1 N–H and O–H groups in total. The molecule has 20 heavy (non-hydrogen) atoms.